The standard InChI is InChI=1S/C6H12N2.BrH/c1-3-8-4-2-6(1)5-7-8;/h6-7H,1-5H2;1H. The first kappa shape index (κ1) is 7.51. The van der Waals surface area contributed by atoms with Crippen molar-refractivity contribution in [2.24, 2.45) is 5.92 Å². The smallest absolute Gasteiger partial charge is 0.0949 e. The van der Waals surface area contributed by atoms with E-state index in [0.717, 1.165) is 5.92 Å². The van der Waals surface area contributed by atoms with Gasteiger partial charge >= 0.3 is 0 Å². The molecule has 0 atom stereocenters. The molecule has 3 aliphatic rings. The van der Waals surface area contributed by atoms with Crippen molar-refractivity contribution in [1.29, 1.82) is 0 Å². The molecule has 2 bridgehead atoms. The van der Waals surface area contributed by atoms with Gasteiger partial charge in [-0.1, -0.05) is 0 Å². The number of quaternary nitrogens is 1. The average Bonchev–Trinajstić information content (AvgIpc) is 1.92. The van der Waals surface area contributed by atoms with E-state index < -0.39 is 0 Å². The Morgan fingerprint density at radius 1 is 1.22 bits per heavy atom. The van der Waals surface area contributed by atoms with Gasteiger partial charge in [0.15, 0.2) is 0 Å². The summed E-state index contributed by atoms with van der Waals surface area (Å²) in [5, 5.41) is 1.62. The maximum atomic E-state index is 3.44. The zero-order chi connectivity index (χ0) is 5.40. The number of halogens is 1. The molecule has 9 heavy (non-hydrogen) atoms. The number of fused-ring (bicyclic) bond motifs is 3. The van der Waals surface area contributed by atoms with E-state index in [0.29, 0.717) is 0 Å². The molecule has 3 heterocycles. The topological polar surface area (TPSA) is 16.5 Å². The number of nitrogens with one attached hydrogen (secondary N) is 2. The average molecular weight is 193 g/mol. The zero-order valence-corrected chi connectivity index (χ0v) is 7.08. The molecule has 0 aromatic rings. The number of hydrogen-bond acceptors (Lipinski definition) is 1. The van der Waals surface area contributed by atoms with E-state index in [1.54, 1.807) is 5.01 Å². The third-order valence-corrected chi connectivity index (χ3v) is 2.35. The van der Waals surface area contributed by atoms with E-state index in [2.05, 4.69) is 5.43 Å². The van der Waals surface area contributed by atoms with Crippen molar-refractivity contribution in [3.05, 3.63) is 0 Å². The summed E-state index contributed by atoms with van der Waals surface area (Å²) in [4.78, 5) is 0. The molecular weight excluding hydrogens is 180 g/mol. The Hall–Kier alpha value is 0.400. The predicted octanol–water partition coefficient (Wildman–Crippen LogP) is -4.20. The van der Waals surface area contributed by atoms with Gasteiger partial charge in [0.1, 0.15) is 0 Å². The molecular formula is C6H13BrN2. The molecule has 0 aromatic heterocycles. The maximum absolute atomic E-state index is 3.44. The van der Waals surface area contributed by atoms with Crippen molar-refractivity contribution >= 4 is 0 Å². The molecule has 0 radical (unpaired) electrons. The summed E-state index contributed by atoms with van der Waals surface area (Å²) in [5.74, 6) is 1.02. The lowest BCUT2D eigenvalue weighted by Gasteiger charge is -2.35. The fourth-order valence-electron chi connectivity index (χ4n) is 1.70. The van der Waals surface area contributed by atoms with E-state index in [9.17, 15) is 0 Å². The fourth-order valence-corrected chi connectivity index (χ4v) is 1.70. The number of rotatable bonds is 0. The van der Waals surface area contributed by atoms with E-state index >= 15 is 0 Å². The first-order valence-electron chi connectivity index (χ1n) is 3.54. The SMILES string of the molecule is C1C[NH+]2CCC1CN2.[Br-]. The first-order valence-corrected chi connectivity index (χ1v) is 3.54. The Bertz CT molecular complexity index is 66.0. The summed E-state index contributed by atoms with van der Waals surface area (Å²) < 4.78 is 0. The van der Waals surface area contributed by atoms with Crippen LogP contribution in [0.4, 0.5) is 0 Å². The second-order valence-corrected chi connectivity index (χ2v) is 2.93. The summed E-state index contributed by atoms with van der Waals surface area (Å²) >= 11 is 0. The minimum Gasteiger partial charge on any atom is -1.00 e. The highest BCUT2D eigenvalue weighted by Gasteiger charge is 2.27. The van der Waals surface area contributed by atoms with Gasteiger partial charge in [-0.25, -0.2) is 0 Å². The lowest BCUT2D eigenvalue weighted by atomic mass is 9.96. The molecule has 3 rings (SSSR count). The van der Waals surface area contributed by atoms with Crippen LogP contribution in [0.25, 0.3) is 0 Å². The normalized spacial score (nSPS) is 40.0. The summed E-state index contributed by atoms with van der Waals surface area (Å²) in [6, 6.07) is 0. The molecule has 3 aliphatic heterocycles. The minimum absolute atomic E-state index is 0. The molecule has 0 unspecified atom stereocenters. The Labute approximate surface area is 66.3 Å². The van der Waals surface area contributed by atoms with E-state index in [1.807, 2.05) is 0 Å². The zero-order valence-electron chi connectivity index (χ0n) is 5.49. The Kier molecular flexibility index (Phi) is 2.50. The van der Waals surface area contributed by atoms with E-state index in [-0.39, 0.29) is 17.0 Å². The van der Waals surface area contributed by atoms with Crippen LogP contribution in [0.1, 0.15) is 12.8 Å². The number of hydrogen-bond donors (Lipinski definition) is 2. The highest BCUT2D eigenvalue weighted by molar-refractivity contribution is 4.65. The van der Waals surface area contributed by atoms with Crippen LogP contribution in [-0.4, -0.2) is 19.6 Å². The second kappa shape index (κ2) is 2.99. The van der Waals surface area contributed by atoms with Crippen molar-refractivity contribution in [2.75, 3.05) is 19.6 Å². The summed E-state index contributed by atoms with van der Waals surface area (Å²) in [7, 11) is 0. The van der Waals surface area contributed by atoms with Gasteiger partial charge in [0.25, 0.3) is 0 Å². The van der Waals surface area contributed by atoms with Crippen LogP contribution in [0.5, 0.6) is 0 Å². The van der Waals surface area contributed by atoms with Crippen molar-refractivity contribution in [1.82, 2.24) is 5.43 Å². The van der Waals surface area contributed by atoms with Crippen LogP contribution < -0.4 is 27.4 Å². The first-order chi connectivity index (χ1) is 3.95. The van der Waals surface area contributed by atoms with Crippen LogP contribution in [-0.2, 0) is 0 Å². The third-order valence-electron chi connectivity index (χ3n) is 2.35. The summed E-state index contributed by atoms with van der Waals surface area (Å²) in [6.45, 7) is 4.00. The molecule has 3 fully saturated rings. The molecule has 54 valence electrons. The van der Waals surface area contributed by atoms with Crippen LogP contribution in [0.3, 0.4) is 0 Å². The highest BCUT2D eigenvalue weighted by atomic mass is 79.9. The lowest BCUT2D eigenvalue weighted by molar-refractivity contribution is -0.960. The van der Waals surface area contributed by atoms with E-state index in [1.165, 1.54) is 32.5 Å². The van der Waals surface area contributed by atoms with Crippen molar-refractivity contribution < 1.29 is 22.0 Å². The van der Waals surface area contributed by atoms with Crippen LogP contribution in [0.2, 0.25) is 0 Å². The minimum atomic E-state index is 0. The van der Waals surface area contributed by atoms with Gasteiger partial charge in [-0.2, -0.15) is 5.43 Å². The summed E-state index contributed by atoms with van der Waals surface area (Å²) in [6.07, 6.45) is 2.92. The number of piperidine rings is 1. The molecule has 3 heteroatoms. The third kappa shape index (κ3) is 1.45. The van der Waals surface area contributed by atoms with E-state index in [4.69, 9.17) is 0 Å². The lowest BCUT2D eigenvalue weighted by Crippen LogP contribution is -3.21. The Morgan fingerprint density at radius 2 is 1.89 bits per heavy atom. The molecule has 0 saturated carbocycles. The monoisotopic (exact) mass is 192 g/mol. The molecule has 0 aliphatic carbocycles. The van der Waals surface area contributed by atoms with Gasteiger partial charge in [0.05, 0.1) is 13.1 Å². The van der Waals surface area contributed by atoms with Gasteiger partial charge in [0.2, 0.25) is 0 Å². The van der Waals surface area contributed by atoms with Gasteiger partial charge in [-0.05, 0) is 5.92 Å². The van der Waals surface area contributed by atoms with Crippen molar-refractivity contribution in [3.8, 4) is 0 Å². The van der Waals surface area contributed by atoms with Crippen molar-refractivity contribution in [3.63, 3.8) is 0 Å². The van der Waals surface area contributed by atoms with Crippen LogP contribution >= 0.6 is 0 Å². The highest BCUT2D eigenvalue weighted by Crippen LogP contribution is 2.09. The van der Waals surface area contributed by atoms with Gasteiger partial charge < -0.3 is 17.0 Å². The molecule has 0 aromatic carbocycles. The van der Waals surface area contributed by atoms with Crippen LogP contribution in [0, 0.1) is 5.92 Å². The summed E-state index contributed by atoms with van der Waals surface area (Å²) in [5.41, 5.74) is 3.44. The fraction of sp³-hybridized carbons (Fsp3) is 1.00. The van der Waals surface area contributed by atoms with Gasteiger partial charge in [-0.3, -0.25) is 5.01 Å². The van der Waals surface area contributed by atoms with Gasteiger partial charge in [0, 0.05) is 19.4 Å². The van der Waals surface area contributed by atoms with Gasteiger partial charge in [-0.15, -0.1) is 0 Å². The second-order valence-electron chi connectivity index (χ2n) is 2.93. The Morgan fingerprint density at radius 3 is 2.00 bits per heavy atom. The molecule has 0 amide bonds. The quantitative estimate of drug-likeness (QED) is 0.399. The molecule has 2 nitrogen and oxygen atoms in total. The molecule has 2 N–H and O–H groups in total. The maximum Gasteiger partial charge on any atom is 0.0949 e. The predicted molar refractivity (Wildman–Crippen MR) is 31.4 cm³/mol. The van der Waals surface area contributed by atoms with Crippen molar-refractivity contribution in [2.45, 2.75) is 12.8 Å². The molecule has 3 saturated heterocycles. The molecule has 0 spiro atoms. The van der Waals surface area contributed by atoms with Crippen LogP contribution in [0.15, 0.2) is 0 Å². The Balaban J connectivity index is 0.000000405. The largest absolute Gasteiger partial charge is 1.00 e.